The molecule has 1 unspecified atom stereocenters. The van der Waals surface area contributed by atoms with Gasteiger partial charge >= 0.3 is 0 Å². The van der Waals surface area contributed by atoms with Crippen LogP contribution < -0.4 is 15.0 Å². The van der Waals surface area contributed by atoms with E-state index in [1.807, 2.05) is 37.3 Å². The lowest BCUT2D eigenvalue weighted by Crippen LogP contribution is -2.43. The number of carbonyl (C=O) groups is 1. The summed E-state index contributed by atoms with van der Waals surface area (Å²) in [5.41, 5.74) is 1.86. The molecule has 1 atom stereocenters. The van der Waals surface area contributed by atoms with Crippen LogP contribution in [0.15, 0.2) is 36.7 Å². The first-order chi connectivity index (χ1) is 13.7. The van der Waals surface area contributed by atoms with Crippen LogP contribution in [-0.4, -0.2) is 45.7 Å². The SMILES string of the molecule is COc1ccccc1CNC(=O)C1CCCN(c2cc(C)nc3ncnn23)C1. The van der Waals surface area contributed by atoms with Crippen molar-refractivity contribution in [3.05, 3.63) is 47.9 Å². The molecule has 4 rings (SSSR count). The predicted octanol–water partition coefficient (Wildman–Crippen LogP) is 1.97. The van der Waals surface area contributed by atoms with Gasteiger partial charge in [-0.1, -0.05) is 18.2 Å². The number of amides is 1. The monoisotopic (exact) mass is 380 g/mol. The second-order valence-corrected chi connectivity index (χ2v) is 7.04. The van der Waals surface area contributed by atoms with Crippen LogP contribution in [-0.2, 0) is 11.3 Å². The summed E-state index contributed by atoms with van der Waals surface area (Å²) in [6, 6.07) is 9.73. The van der Waals surface area contributed by atoms with Gasteiger partial charge in [0.15, 0.2) is 0 Å². The molecule has 0 aliphatic carbocycles. The molecule has 8 heteroatoms. The molecule has 0 radical (unpaired) electrons. The Kier molecular flexibility index (Phi) is 5.10. The van der Waals surface area contributed by atoms with E-state index < -0.39 is 0 Å². The zero-order valence-electron chi connectivity index (χ0n) is 16.1. The Balaban J connectivity index is 1.46. The third-order valence-electron chi connectivity index (χ3n) is 5.12. The zero-order valence-corrected chi connectivity index (χ0v) is 16.1. The Morgan fingerprint density at radius 2 is 2.21 bits per heavy atom. The number of anilines is 1. The van der Waals surface area contributed by atoms with Gasteiger partial charge in [0.25, 0.3) is 5.78 Å². The van der Waals surface area contributed by atoms with Crippen LogP contribution in [0.2, 0.25) is 0 Å². The number of methoxy groups -OCH3 is 1. The van der Waals surface area contributed by atoms with Gasteiger partial charge in [-0.2, -0.15) is 14.6 Å². The van der Waals surface area contributed by atoms with Crippen LogP contribution >= 0.6 is 0 Å². The van der Waals surface area contributed by atoms with Crippen molar-refractivity contribution in [3.8, 4) is 5.75 Å². The molecule has 2 aromatic heterocycles. The third kappa shape index (κ3) is 3.62. The second kappa shape index (κ2) is 7.84. The molecule has 1 aliphatic rings. The third-order valence-corrected chi connectivity index (χ3v) is 5.12. The van der Waals surface area contributed by atoms with Gasteiger partial charge in [-0.15, -0.1) is 0 Å². The van der Waals surface area contributed by atoms with Crippen molar-refractivity contribution in [2.24, 2.45) is 5.92 Å². The summed E-state index contributed by atoms with van der Waals surface area (Å²) in [6.07, 6.45) is 3.33. The minimum absolute atomic E-state index is 0.0659. The first-order valence-corrected chi connectivity index (χ1v) is 9.47. The number of ether oxygens (including phenoxy) is 1. The molecular formula is C20H24N6O2. The summed E-state index contributed by atoms with van der Waals surface area (Å²) in [6.45, 7) is 3.94. The molecule has 0 spiro atoms. The number of rotatable bonds is 5. The van der Waals surface area contributed by atoms with Crippen LogP contribution in [0.5, 0.6) is 5.75 Å². The first-order valence-electron chi connectivity index (χ1n) is 9.47. The molecular weight excluding hydrogens is 356 g/mol. The Morgan fingerprint density at radius 1 is 1.36 bits per heavy atom. The molecule has 1 fully saturated rings. The largest absolute Gasteiger partial charge is 0.496 e. The van der Waals surface area contributed by atoms with Crippen LogP contribution in [0.3, 0.4) is 0 Å². The number of carbonyl (C=O) groups excluding carboxylic acids is 1. The van der Waals surface area contributed by atoms with Crippen molar-refractivity contribution in [1.29, 1.82) is 0 Å². The highest BCUT2D eigenvalue weighted by Crippen LogP contribution is 2.24. The molecule has 3 heterocycles. The maximum Gasteiger partial charge on any atom is 0.254 e. The summed E-state index contributed by atoms with van der Waals surface area (Å²) in [7, 11) is 1.64. The number of hydrogen-bond acceptors (Lipinski definition) is 6. The van der Waals surface area contributed by atoms with E-state index >= 15 is 0 Å². The number of benzene rings is 1. The molecule has 8 nitrogen and oxygen atoms in total. The molecule has 1 aromatic carbocycles. The lowest BCUT2D eigenvalue weighted by molar-refractivity contribution is -0.125. The van der Waals surface area contributed by atoms with E-state index in [2.05, 4.69) is 25.3 Å². The summed E-state index contributed by atoms with van der Waals surface area (Å²) < 4.78 is 7.10. The summed E-state index contributed by atoms with van der Waals surface area (Å²) in [5.74, 6) is 2.29. The second-order valence-electron chi connectivity index (χ2n) is 7.04. The van der Waals surface area contributed by atoms with Crippen molar-refractivity contribution in [2.75, 3.05) is 25.1 Å². The smallest absolute Gasteiger partial charge is 0.254 e. The Hall–Kier alpha value is -3.16. The molecule has 1 N–H and O–H groups in total. The lowest BCUT2D eigenvalue weighted by Gasteiger charge is -2.33. The number of nitrogens with zero attached hydrogens (tertiary/aromatic N) is 5. The number of hydrogen-bond donors (Lipinski definition) is 1. The van der Waals surface area contributed by atoms with Crippen molar-refractivity contribution >= 4 is 17.5 Å². The summed E-state index contributed by atoms with van der Waals surface area (Å²) >= 11 is 0. The molecule has 146 valence electrons. The fourth-order valence-electron chi connectivity index (χ4n) is 3.71. The minimum Gasteiger partial charge on any atom is -0.496 e. The fourth-order valence-corrected chi connectivity index (χ4v) is 3.71. The number of nitrogens with one attached hydrogen (secondary N) is 1. The van der Waals surface area contributed by atoms with Gasteiger partial charge in [0, 0.05) is 37.0 Å². The van der Waals surface area contributed by atoms with Crippen molar-refractivity contribution in [3.63, 3.8) is 0 Å². The van der Waals surface area contributed by atoms with E-state index in [9.17, 15) is 4.79 Å². The van der Waals surface area contributed by atoms with E-state index in [0.29, 0.717) is 18.9 Å². The summed E-state index contributed by atoms with van der Waals surface area (Å²) in [5, 5.41) is 7.35. The standard InChI is InChI=1S/C20H24N6O2/c1-14-10-18(26-20(24-14)22-13-23-26)25-9-5-7-16(12-25)19(27)21-11-15-6-3-4-8-17(15)28-2/h3-4,6,8,10,13,16H,5,7,9,11-12H2,1-2H3,(H,21,27). The van der Waals surface area contributed by atoms with Crippen LogP contribution in [0.4, 0.5) is 5.82 Å². The van der Waals surface area contributed by atoms with Gasteiger partial charge in [0.05, 0.1) is 13.0 Å². The van der Waals surface area contributed by atoms with Gasteiger partial charge in [-0.05, 0) is 25.8 Å². The van der Waals surface area contributed by atoms with Crippen LogP contribution in [0.25, 0.3) is 5.78 Å². The van der Waals surface area contributed by atoms with E-state index in [0.717, 1.165) is 42.2 Å². The highest BCUT2D eigenvalue weighted by atomic mass is 16.5. The number of aromatic nitrogens is 4. The number of piperidine rings is 1. The summed E-state index contributed by atoms with van der Waals surface area (Å²) in [4.78, 5) is 23.6. The van der Waals surface area contributed by atoms with Crippen molar-refractivity contribution in [1.82, 2.24) is 24.9 Å². The average Bonchev–Trinajstić information content (AvgIpc) is 3.20. The molecule has 0 saturated carbocycles. The molecule has 3 aromatic rings. The van der Waals surface area contributed by atoms with Crippen LogP contribution in [0, 0.1) is 12.8 Å². The molecule has 0 bridgehead atoms. The minimum atomic E-state index is -0.0736. The van der Waals surface area contributed by atoms with E-state index in [-0.39, 0.29) is 11.8 Å². The quantitative estimate of drug-likeness (QED) is 0.729. The van der Waals surface area contributed by atoms with Gasteiger partial charge in [0.2, 0.25) is 5.91 Å². The maximum atomic E-state index is 12.8. The maximum absolute atomic E-state index is 12.8. The van der Waals surface area contributed by atoms with E-state index in [1.54, 1.807) is 11.6 Å². The van der Waals surface area contributed by atoms with E-state index in [1.165, 1.54) is 6.33 Å². The average molecular weight is 380 g/mol. The lowest BCUT2D eigenvalue weighted by atomic mass is 9.97. The van der Waals surface area contributed by atoms with Gasteiger partial charge in [-0.3, -0.25) is 4.79 Å². The van der Waals surface area contributed by atoms with Gasteiger partial charge in [-0.25, -0.2) is 4.98 Å². The Labute approximate surface area is 163 Å². The normalized spacial score (nSPS) is 16.9. The highest BCUT2D eigenvalue weighted by Gasteiger charge is 2.27. The van der Waals surface area contributed by atoms with Crippen LogP contribution in [0.1, 0.15) is 24.1 Å². The topological polar surface area (TPSA) is 84.6 Å². The van der Waals surface area contributed by atoms with Crippen molar-refractivity contribution < 1.29 is 9.53 Å². The van der Waals surface area contributed by atoms with Gasteiger partial charge in [0.1, 0.15) is 17.9 Å². The number of para-hydroxylation sites is 1. The van der Waals surface area contributed by atoms with Crippen molar-refractivity contribution in [2.45, 2.75) is 26.3 Å². The number of aryl methyl sites for hydroxylation is 1. The Bertz CT molecular complexity index is 986. The zero-order chi connectivity index (χ0) is 19.5. The highest BCUT2D eigenvalue weighted by molar-refractivity contribution is 5.79. The molecule has 28 heavy (non-hydrogen) atoms. The predicted molar refractivity (Wildman–Crippen MR) is 105 cm³/mol. The number of fused-ring (bicyclic) bond motifs is 1. The molecule has 1 amide bonds. The Morgan fingerprint density at radius 3 is 3.07 bits per heavy atom. The fraction of sp³-hybridized carbons (Fsp3) is 0.400. The molecule has 1 saturated heterocycles. The van der Waals surface area contributed by atoms with Gasteiger partial charge < -0.3 is 15.0 Å². The van der Waals surface area contributed by atoms with E-state index in [4.69, 9.17) is 4.74 Å². The first kappa shape index (κ1) is 18.2. The molecule has 1 aliphatic heterocycles.